The van der Waals surface area contributed by atoms with Crippen LogP contribution in [0.5, 0.6) is 0 Å². The van der Waals surface area contributed by atoms with Gasteiger partial charge in [0.1, 0.15) is 0 Å². The molecule has 0 aromatic carbocycles. The van der Waals surface area contributed by atoms with E-state index in [4.69, 9.17) is 0 Å². The lowest BCUT2D eigenvalue weighted by atomic mass is 10.1. The number of rotatable bonds is 3. The van der Waals surface area contributed by atoms with Crippen LogP contribution >= 0.6 is 11.8 Å². The van der Waals surface area contributed by atoms with Crippen LogP contribution < -0.4 is 16.0 Å². The van der Waals surface area contributed by atoms with Crippen molar-refractivity contribution in [3.05, 3.63) is 22.9 Å². The molecule has 2 saturated heterocycles. The summed E-state index contributed by atoms with van der Waals surface area (Å²) in [5.41, 5.74) is 0.601. The second-order valence-electron chi connectivity index (χ2n) is 4.84. The molecule has 1 aromatic rings. The first-order valence-electron chi connectivity index (χ1n) is 6.76. The molecule has 2 aliphatic heterocycles. The summed E-state index contributed by atoms with van der Waals surface area (Å²) in [7, 11) is 0. The van der Waals surface area contributed by atoms with Crippen LogP contribution in [0.1, 0.15) is 18.5 Å². The zero-order valence-electron chi connectivity index (χ0n) is 11.3. The van der Waals surface area contributed by atoms with E-state index in [-0.39, 0.29) is 11.1 Å². The number of amides is 2. The number of aromatic nitrogens is 2. The molecule has 0 bridgehead atoms. The van der Waals surface area contributed by atoms with E-state index in [0.717, 1.165) is 37.7 Å². The normalized spacial score (nSPS) is 24.2. The minimum absolute atomic E-state index is 0.312. The molecule has 1 atom stereocenters. The second kappa shape index (κ2) is 6.23. The maximum Gasteiger partial charge on any atom is 0.290 e. The standard InChI is InChI=1S/C13H15N5O2S/c19-11-10(21-13(20)18-11)6-8-3-5-15-12(16-8)17-9-2-1-4-14-7-9/h3,5-6,9,14H,1-2,4,7H2,(H,15,16,17)(H,18,19,20)/t9-/m1/s1. The van der Waals surface area contributed by atoms with Gasteiger partial charge in [0.25, 0.3) is 11.1 Å². The van der Waals surface area contributed by atoms with E-state index >= 15 is 0 Å². The molecule has 21 heavy (non-hydrogen) atoms. The molecule has 3 heterocycles. The third kappa shape index (κ3) is 3.59. The quantitative estimate of drug-likeness (QED) is 0.716. The highest BCUT2D eigenvalue weighted by atomic mass is 32.2. The van der Waals surface area contributed by atoms with Gasteiger partial charge in [-0.2, -0.15) is 0 Å². The number of carbonyl (C=O) groups excluding carboxylic acids is 2. The summed E-state index contributed by atoms with van der Waals surface area (Å²) in [6.07, 6.45) is 5.43. The maximum atomic E-state index is 11.5. The van der Waals surface area contributed by atoms with Crippen LogP contribution in [-0.2, 0) is 4.79 Å². The van der Waals surface area contributed by atoms with E-state index in [1.54, 1.807) is 18.3 Å². The van der Waals surface area contributed by atoms with Crippen molar-refractivity contribution >= 4 is 34.9 Å². The predicted octanol–water partition coefficient (Wildman–Crippen LogP) is 0.964. The van der Waals surface area contributed by atoms with Gasteiger partial charge in [-0.3, -0.25) is 14.9 Å². The molecule has 8 heteroatoms. The highest BCUT2D eigenvalue weighted by Crippen LogP contribution is 2.25. The van der Waals surface area contributed by atoms with E-state index in [0.29, 0.717) is 22.6 Å². The van der Waals surface area contributed by atoms with Crippen molar-refractivity contribution in [1.82, 2.24) is 20.6 Å². The first kappa shape index (κ1) is 14.0. The fraction of sp³-hybridized carbons (Fsp3) is 0.385. The largest absolute Gasteiger partial charge is 0.350 e. The Hall–Kier alpha value is -1.93. The molecule has 0 saturated carbocycles. The van der Waals surface area contributed by atoms with Crippen LogP contribution in [0.3, 0.4) is 0 Å². The third-order valence-electron chi connectivity index (χ3n) is 3.23. The van der Waals surface area contributed by atoms with Gasteiger partial charge < -0.3 is 10.6 Å². The predicted molar refractivity (Wildman–Crippen MR) is 80.7 cm³/mol. The second-order valence-corrected chi connectivity index (χ2v) is 5.86. The number of nitrogens with zero attached hydrogens (tertiary/aromatic N) is 2. The Bertz CT molecular complexity index is 598. The van der Waals surface area contributed by atoms with Crippen LogP contribution in [-0.4, -0.2) is 40.2 Å². The molecule has 2 aliphatic rings. The van der Waals surface area contributed by atoms with E-state index in [9.17, 15) is 9.59 Å². The van der Waals surface area contributed by atoms with Crippen molar-refractivity contribution in [2.24, 2.45) is 0 Å². The van der Waals surface area contributed by atoms with Crippen LogP contribution in [0.2, 0.25) is 0 Å². The summed E-state index contributed by atoms with van der Waals surface area (Å²) >= 11 is 0.881. The maximum absolute atomic E-state index is 11.5. The number of hydrogen-bond donors (Lipinski definition) is 3. The summed E-state index contributed by atoms with van der Waals surface area (Å²) in [6.45, 7) is 1.94. The molecular weight excluding hydrogens is 290 g/mol. The minimum Gasteiger partial charge on any atom is -0.350 e. The van der Waals surface area contributed by atoms with Crippen LogP contribution in [0.4, 0.5) is 10.7 Å². The van der Waals surface area contributed by atoms with Crippen molar-refractivity contribution < 1.29 is 9.59 Å². The van der Waals surface area contributed by atoms with E-state index in [1.807, 2.05) is 0 Å². The van der Waals surface area contributed by atoms with Crippen LogP contribution in [0.25, 0.3) is 6.08 Å². The van der Waals surface area contributed by atoms with E-state index in [1.165, 1.54) is 0 Å². The molecule has 2 amide bonds. The number of thioether (sulfide) groups is 1. The number of carbonyl (C=O) groups is 2. The Morgan fingerprint density at radius 2 is 2.33 bits per heavy atom. The van der Waals surface area contributed by atoms with E-state index < -0.39 is 0 Å². The smallest absolute Gasteiger partial charge is 0.290 e. The zero-order chi connectivity index (χ0) is 14.7. The number of piperidine rings is 1. The number of anilines is 1. The molecule has 0 spiro atoms. The number of hydrogen-bond acceptors (Lipinski definition) is 7. The highest BCUT2D eigenvalue weighted by Gasteiger charge is 2.25. The van der Waals surface area contributed by atoms with E-state index in [2.05, 4.69) is 25.9 Å². The molecule has 0 radical (unpaired) electrons. The fourth-order valence-electron chi connectivity index (χ4n) is 2.24. The van der Waals surface area contributed by atoms with Crippen molar-refractivity contribution in [1.29, 1.82) is 0 Å². The van der Waals surface area contributed by atoms with Crippen LogP contribution in [0.15, 0.2) is 17.2 Å². The molecule has 2 fully saturated rings. The fourth-order valence-corrected chi connectivity index (χ4v) is 2.90. The first-order chi connectivity index (χ1) is 10.2. The van der Waals surface area contributed by atoms with Gasteiger partial charge in [0.2, 0.25) is 5.95 Å². The Kier molecular flexibility index (Phi) is 4.16. The minimum atomic E-state index is -0.380. The monoisotopic (exact) mass is 305 g/mol. The van der Waals surface area contributed by atoms with Gasteiger partial charge in [0.05, 0.1) is 10.6 Å². The lowest BCUT2D eigenvalue weighted by molar-refractivity contribution is -0.115. The molecule has 110 valence electrons. The molecule has 3 rings (SSSR count). The van der Waals surface area contributed by atoms with Crippen molar-refractivity contribution in [3.63, 3.8) is 0 Å². The molecule has 7 nitrogen and oxygen atoms in total. The summed E-state index contributed by atoms with van der Waals surface area (Å²) in [6, 6.07) is 2.01. The SMILES string of the molecule is O=C1NC(=O)C(=Cc2ccnc(N[C@@H]3CCCNC3)n2)S1. The zero-order valence-corrected chi connectivity index (χ0v) is 12.1. The highest BCUT2D eigenvalue weighted by molar-refractivity contribution is 8.18. The Labute approximate surface area is 126 Å². The average Bonchev–Trinajstić information content (AvgIpc) is 2.78. The summed E-state index contributed by atoms with van der Waals surface area (Å²) in [4.78, 5) is 31.5. The summed E-state index contributed by atoms with van der Waals surface area (Å²) < 4.78 is 0. The molecule has 0 aliphatic carbocycles. The van der Waals surface area contributed by atoms with Gasteiger partial charge in [-0.25, -0.2) is 9.97 Å². The molecule has 0 unspecified atom stereocenters. The molecule has 1 aromatic heterocycles. The average molecular weight is 305 g/mol. The lowest BCUT2D eigenvalue weighted by Crippen LogP contribution is -2.38. The molecular formula is C13H15N5O2S. The van der Waals surface area contributed by atoms with Crippen LogP contribution in [0, 0.1) is 0 Å². The van der Waals surface area contributed by atoms with Gasteiger partial charge in [-0.1, -0.05) is 0 Å². The van der Waals surface area contributed by atoms with Gasteiger partial charge in [0, 0.05) is 18.8 Å². The number of nitrogens with one attached hydrogen (secondary N) is 3. The van der Waals surface area contributed by atoms with Crippen molar-refractivity contribution in [2.75, 3.05) is 18.4 Å². The Morgan fingerprint density at radius 3 is 3.05 bits per heavy atom. The summed E-state index contributed by atoms with van der Waals surface area (Å²) in [5.74, 6) is 0.155. The Morgan fingerprint density at radius 1 is 1.43 bits per heavy atom. The topological polar surface area (TPSA) is 96.0 Å². The van der Waals surface area contributed by atoms with Gasteiger partial charge in [-0.05, 0) is 43.3 Å². The lowest BCUT2D eigenvalue weighted by Gasteiger charge is -2.23. The first-order valence-corrected chi connectivity index (χ1v) is 7.57. The van der Waals surface area contributed by atoms with Crippen molar-refractivity contribution in [3.8, 4) is 0 Å². The Balaban J connectivity index is 1.72. The third-order valence-corrected chi connectivity index (χ3v) is 4.04. The molecule has 3 N–H and O–H groups in total. The summed E-state index contributed by atoms with van der Waals surface area (Å²) in [5, 5.41) is 8.46. The van der Waals surface area contributed by atoms with Crippen molar-refractivity contribution in [2.45, 2.75) is 18.9 Å². The van der Waals surface area contributed by atoms with Gasteiger partial charge in [-0.15, -0.1) is 0 Å². The number of imide groups is 1. The van der Waals surface area contributed by atoms with Gasteiger partial charge >= 0.3 is 0 Å². The van der Waals surface area contributed by atoms with Gasteiger partial charge in [0.15, 0.2) is 0 Å².